The molecule has 0 bridgehead atoms. The molecule has 1 aromatic rings. The summed E-state index contributed by atoms with van der Waals surface area (Å²) in [7, 11) is 0. The van der Waals surface area contributed by atoms with Crippen LogP contribution in [0.3, 0.4) is 0 Å². The van der Waals surface area contributed by atoms with Gasteiger partial charge >= 0.3 is 0 Å². The second-order valence-corrected chi connectivity index (χ2v) is 7.23. The van der Waals surface area contributed by atoms with Crippen LogP contribution in [0.4, 0.5) is 24.5 Å². The van der Waals surface area contributed by atoms with Crippen molar-refractivity contribution in [3.63, 3.8) is 0 Å². The minimum absolute atomic E-state index is 0.0128. The van der Waals surface area contributed by atoms with Gasteiger partial charge in [-0.25, -0.2) is 13.2 Å². The van der Waals surface area contributed by atoms with Gasteiger partial charge in [-0.3, -0.25) is 19.3 Å². The first-order valence-electron chi connectivity index (χ1n) is 9.59. The number of alkyl halides is 2. The lowest BCUT2D eigenvalue weighted by atomic mass is 9.90. The first-order valence-corrected chi connectivity index (χ1v) is 9.59. The van der Waals surface area contributed by atoms with Crippen molar-refractivity contribution in [1.82, 2.24) is 4.90 Å². The largest absolute Gasteiger partial charge is 0.370 e. The third-order valence-electron chi connectivity index (χ3n) is 5.23. The number of primary amides is 1. The highest BCUT2D eigenvalue weighted by Gasteiger charge is 2.39. The number of hydrogen-bond donors (Lipinski definition) is 2. The molecule has 1 saturated carbocycles. The predicted octanol–water partition coefficient (Wildman–Crippen LogP) is 1.10. The summed E-state index contributed by atoms with van der Waals surface area (Å²) >= 11 is 0. The molecule has 164 valence electrons. The molecule has 1 aliphatic heterocycles. The molecular formula is C19H23F3N4O4. The number of benzene rings is 1. The number of carbonyl (C=O) groups excluding carboxylic acids is 3. The lowest BCUT2D eigenvalue weighted by molar-refractivity contribution is -0.136. The van der Waals surface area contributed by atoms with Crippen molar-refractivity contribution in [1.29, 1.82) is 0 Å². The van der Waals surface area contributed by atoms with Crippen molar-refractivity contribution >= 4 is 29.1 Å². The predicted molar refractivity (Wildman–Crippen MR) is 102 cm³/mol. The molecule has 8 nitrogen and oxygen atoms in total. The van der Waals surface area contributed by atoms with Gasteiger partial charge in [0.25, 0.3) is 18.2 Å². The van der Waals surface area contributed by atoms with E-state index in [0.29, 0.717) is 12.8 Å². The summed E-state index contributed by atoms with van der Waals surface area (Å²) in [5, 5.41) is 2.37. The van der Waals surface area contributed by atoms with Gasteiger partial charge < -0.3 is 20.7 Å². The number of hydrogen-bond acceptors (Lipinski definition) is 5. The number of nitrogens with two attached hydrogens (primary N) is 1. The molecular weight excluding hydrogens is 405 g/mol. The Morgan fingerprint density at radius 2 is 2.07 bits per heavy atom. The number of carbonyl (C=O) groups is 3. The molecule has 30 heavy (non-hydrogen) atoms. The van der Waals surface area contributed by atoms with Gasteiger partial charge in [-0.15, -0.1) is 0 Å². The van der Waals surface area contributed by atoms with Gasteiger partial charge in [0.15, 0.2) is 6.04 Å². The molecule has 2 fully saturated rings. The molecule has 3 rings (SSSR count). The third kappa shape index (κ3) is 4.90. The van der Waals surface area contributed by atoms with E-state index in [1.54, 1.807) is 0 Å². The van der Waals surface area contributed by atoms with Crippen LogP contribution < -0.4 is 16.0 Å². The van der Waals surface area contributed by atoms with Crippen LogP contribution in [0.15, 0.2) is 18.2 Å². The van der Waals surface area contributed by atoms with Crippen molar-refractivity contribution in [2.75, 3.05) is 36.5 Å². The molecule has 0 aromatic heterocycles. The average molecular weight is 428 g/mol. The van der Waals surface area contributed by atoms with E-state index in [0.717, 1.165) is 17.4 Å². The molecule has 1 aromatic carbocycles. The molecule has 0 unspecified atom stereocenters. The minimum atomic E-state index is -2.75. The van der Waals surface area contributed by atoms with Crippen LogP contribution in [-0.4, -0.2) is 67.4 Å². The molecule has 1 aliphatic carbocycles. The fourth-order valence-electron chi connectivity index (χ4n) is 3.57. The summed E-state index contributed by atoms with van der Waals surface area (Å²) in [6.07, 6.45) is -0.769. The molecule has 1 atom stereocenters. The monoisotopic (exact) mass is 428 g/mol. The summed E-state index contributed by atoms with van der Waals surface area (Å²) in [6, 6.07) is 1.73. The van der Waals surface area contributed by atoms with Crippen LogP contribution in [0.1, 0.15) is 19.3 Å². The van der Waals surface area contributed by atoms with Gasteiger partial charge in [0.05, 0.1) is 18.8 Å². The smallest absolute Gasteiger partial charge is 0.253 e. The standard InChI is InChI=1S/C19H23F3N4O4/c20-13-8-11(4-5-14(13)25-6-7-30-10-16(25)27)24-19(29)17(18(23)28)26(9-15(21)22)12-2-1-3-12/h4-5,8,12,15,17H,1-3,6-7,9-10H2,(H2,23,28)(H,24,29)/t17-/m0/s1. The lowest BCUT2D eigenvalue weighted by Gasteiger charge is -2.40. The second-order valence-electron chi connectivity index (χ2n) is 7.23. The molecule has 0 radical (unpaired) electrons. The maximum absolute atomic E-state index is 14.6. The maximum Gasteiger partial charge on any atom is 0.253 e. The van der Waals surface area contributed by atoms with Gasteiger partial charge in [-0.2, -0.15) is 0 Å². The molecule has 1 saturated heterocycles. The topological polar surface area (TPSA) is 105 Å². The molecule has 1 heterocycles. The summed E-state index contributed by atoms with van der Waals surface area (Å²) in [6.45, 7) is -0.461. The average Bonchev–Trinajstić information content (AvgIpc) is 2.60. The number of amides is 3. The van der Waals surface area contributed by atoms with Crippen LogP contribution >= 0.6 is 0 Å². The zero-order valence-electron chi connectivity index (χ0n) is 16.2. The van der Waals surface area contributed by atoms with E-state index in [4.69, 9.17) is 10.5 Å². The number of nitrogens with zero attached hydrogens (tertiary/aromatic N) is 2. The van der Waals surface area contributed by atoms with E-state index in [9.17, 15) is 27.6 Å². The Morgan fingerprint density at radius 3 is 2.60 bits per heavy atom. The van der Waals surface area contributed by atoms with Gasteiger partial charge in [0, 0.05) is 18.3 Å². The Hall–Kier alpha value is -2.66. The van der Waals surface area contributed by atoms with Gasteiger partial charge in [0.1, 0.15) is 12.4 Å². The number of morpholine rings is 1. The number of anilines is 2. The first-order chi connectivity index (χ1) is 14.3. The highest BCUT2D eigenvalue weighted by atomic mass is 19.3. The number of rotatable bonds is 8. The fourth-order valence-corrected chi connectivity index (χ4v) is 3.57. The Kier molecular flexibility index (Phi) is 6.93. The molecule has 2 aliphatic rings. The van der Waals surface area contributed by atoms with Crippen molar-refractivity contribution in [3.05, 3.63) is 24.0 Å². The third-order valence-corrected chi connectivity index (χ3v) is 5.23. The number of halogens is 3. The summed E-state index contributed by atoms with van der Waals surface area (Å²) in [4.78, 5) is 38.8. The van der Waals surface area contributed by atoms with E-state index in [1.165, 1.54) is 17.0 Å². The summed E-state index contributed by atoms with van der Waals surface area (Å²) < 4.78 is 45.6. The fraction of sp³-hybridized carbons (Fsp3) is 0.526. The van der Waals surface area contributed by atoms with E-state index in [2.05, 4.69) is 5.32 Å². The normalized spacial score (nSPS) is 18.4. The van der Waals surface area contributed by atoms with E-state index in [1.807, 2.05) is 0 Å². The number of ether oxygens (including phenoxy) is 1. The summed E-state index contributed by atoms with van der Waals surface area (Å²) in [5.74, 6) is -3.13. The quantitative estimate of drug-likeness (QED) is 0.604. The van der Waals surface area contributed by atoms with E-state index in [-0.39, 0.29) is 37.2 Å². The minimum Gasteiger partial charge on any atom is -0.370 e. The van der Waals surface area contributed by atoms with E-state index >= 15 is 0 Å². The van der Waals surface area contributed by atoms with Crippen LogP contribution in [-0.2, 0) is 19.1 Å². The van der Waals surface area contributed by atoms with Crippen LogP contribution in [0, 0.1) is 5.82 Å². The van der Waals surface area contributed by atoms with Crippen LogP contribution in [0.5, 0.6) is 0 Å². The lowest BCUT2D eigenvalue weighted by Crippen LogP contribution is -2.58. The van der Waals surface area contributed by atoms with Crippen molar-refractivity contribution in [2.24, 2.45) is 5.73 Å². The zero-order chi connectivity index (χ0) is 21.8. The Labute approximate surface area is 171 Å². The molecule has 11 heteroatoms. The van der Waals surface area contributed by atoms with Gasteiger partial charge in [-0.05, 0) is 31.0 Å². The number of nitrogens with one attached hydrogen (secondary N) is 1. The second kappa shape index (κ2) is 9.43. The van der Waals surface area contributed by atoms with Crippen molar-refractivity contribution < 1.29 is 32.3 Å². The first kappa shape index (κ1) is 22.0. The summed E-state index contributed by atoms with van der Waals surface area (Å²) in [5.41, 5.74) is 5.38. The van der Waals surface area contributed by atoms with Crippen LogP contribution in [0.25, 0.3) is 0 Å². The molecule has 0 spiro atoms. The van der Waals surface area contributed by atoms with Gasteiger partial charge in [0.2, 0.25) is 5.91 Å². The van der Waals surface area contributed by atoms with Gasteiger partial charge in [-0.1, -0.05) is 6.42 Å². The Balaban J connectivity index is 1.76. The Bertz CT molecular complexity index is 819. The van der Waals surface area contributed by atoms with Crippen molar-refractivity contribution in [2.45, 2.75) is 37.8 Å². The van der Waals surface area contributed by atoms with E-state index < -0.39 is 42.6 Å². The Morgan fingerprint density at radius 1 is 1.33 bits per heavy atom. The SMILES string of the molecule is NC(=O)[C@@H](C(=O)Nc1ccc(N2CCOCC2=O)c(F)c1)N(CC(F)F)C1CCC1. The van der Waals surface area contributed by atoms with Crippen molar-refractivity contribution in [3.8, 4) is 0 Å². The maximum atomic E-state index is 14.6. The van der Waals surface area contributed by atoms with Crippen LogP contribution in [0.2, 0.25) is 0 Å². The molecule has 3 amide bonds. The highest BCUT2D eigenvalue weighted by molar-refractivity contribution is 6.09. The molecule has 3 N–H and O–H groups in total. The zero-order valence-corrected chi connectivity index (χ0v) is 16.2. The highest BCUT2D eigenvalue weighted by Crippen LogP contribution is 2.28.